The van der Waals surface area contributed by atoms with Gasteiger partial charge in [0.1, 0.15) is 0 Å². The van der Waals surface area contributed by atoms with Crippen molar-refractivity contribution >= 4 is 11.8 Å². The normalized spacial score (nSPS) is 16.1. The molecule has 0 fully saturated rings. The quantitative estimate of drug-likeness (QED) is 0.584. The number of hydrogen-bond donors (Lipinski definition) is 0. The lowest BCUT2D eigenvalue weighted by molar-refractivity contribution is 1.02. The van der Waals surface area contributed by atoms with Crippen molar-refractivity contribution in [2.75, 3.05) is 5.75 Å². The minimum Gasteiger partial charge on any atom is -0.261 e. The zero-order valence-electron chi connectivity index (χ0n) is 6.63. The highest BCUT2D eigenvalue weighted by Gasteiger charge is 2.10. The van der Waals surface area contributed by atoms with Crippen molar-refractivity contribution in [3.8, 4) is 0 Å². The maximum atomic E-state index is 4.28. The smallest absolute Gasteiger partial charge is 0.0415 e. The van der Waals surface area contributed by atoms with E-state index in [1.807, 2.05) is 18.0 Å². The first-order valence-corrected chi connectivity index (χ1v) is 5.04. The van der Waals surface area contributed by atoms with Crippen molar-refractivity contribution in [2.24, 2.45) is 0 Å². The van der Waals surface area contributed by atoms with Crippen LogP contribution < -0.4 is 0 Å². The maximum Gasteiger partial charge on any atom is 0.0415 e. The zero-order valence-corrected chi connectivity index (χ0v) is 7.45. The lowest BCUT2D eigenvalue weighted by Gasteiger charge is -2.15. The summed E-state index contributed by atoms with van der Waals surface area (Å²) in [5, 5.41) is 0. The van der Waals surface area contributed by atoms with Gasteiger partial charge in [0.05, 0.1) is 0 Å². The van der Waals surface area contributed by atoms with E-state index in [1.54, 1.807) is 0 Å². The van der Waals surface area contributed by atoms with Crippen LogP contribution in [0.1, 0.15) is 16.8 Å². The molecular weight excluding hydrogens is 154 g/mol. The first-order chi connectivity index (χ1) is 5.38. The summed E-state index contributed by atoms with van der Waals surface area (Å²) in [5.74, 6) is 2.44. The first kappa shape index (κ1) is 7.17. The third kappa shape index (κ3) is 1.27. The Morgan fingerprint density at radius 3 is 3.27 bits per heavy atom. The van der Waals surface area contributed by atoms with E-state index in [-0.39, 0.29) is 0 Å². The van der Waals surface area contributed by atoms with Crippen LogP contribution in [0.15, 0.2) is 12.3 Å². The molecule has 2 heterocycles. The summed E-state index contributed by atoms with van der Waals surface area (Å²) in [7, 11) is 0. The van der Waals surface area contributed by atoms with Gasteiger partial charge in [-0.15, -0.1) is 0 Å². The van der Waals surface area contributed by atoms with Gasteiger partial charge in [-0.2, -0.15) is 11.8 Å². The van der Waals surface area contributed by atoms with Gasteiger partial charge < -0.3 is 0 Å². The molecule has 11 heavy (non-hydrogen) atoms. The Hall–Kier alpha value is -0.500. The highest BCUT2D eigenvalue weighted by atomic mass is 32.2. The van der Waals surface area contributed by atoms with Gasteiger partial charge in [0, 0.05) is 17.6 Å². The number of fused-ring (bicyclic) bond motifs is 1. The molecule has 0 aromatic carbocycles. The predicted octanol–water partition coefficient (Wildman–Crippen LogP) is 2.18. The molecule has 1 aliphatic rings. The van der Waals surface area contributed by atoms with Crippen LogP contribution in [0.5, 0.6) is 0 Å². The molecule has 1 aliphatic heterocycles. The number of thioether (sulfide) groups is 1. The molecule has 1 nitrogen and oxygen atoms in total. The number of aromatic nitrogens is 1. The van der Waals surface area contributed by atoms with E-state index in [0.29, 0.717) is 0 Å². The van der Waals surface area contributed by atoms with Crippen LogP contribution in [0.25, 0.3) is 0 Å². The van der Waals surface area contributed by atoms with E-state index >= 15 is 0 Å². The summed E-state index contributed by atoms with van der Waals surface area (Å²) in [6.45, 7) is 2.10. The highest BCUT2D eigenvalue weighted by molar-refractivity contribution is 7.98. The third-order valence-electron chi connectivity index (χ3n) is 2.13. The largest absolute Gasteiger partial charge is 0.261 e. The summed E-state index contributed by atoms with van der Waals surface area (Å²) in [6.07, 6.45) is 3.15. The number of rotatable bonds is 0. The molecule has 2 heteroatoms. The molecule has 0 saturated heterocycles. The third-order valence-corrected chi connectivity index (χ3v) is 3.12. The van der Waals surface area contributed by atoms with Crippen molar-refractivity contribution in [1.29, 1.82) is 0 Å². The number of hydrogen-bond acceptors (Lipinski definition) is 2. The summed E-state index contributed by atoms with van der Waals surface area (Å²) in [5.41, 5.74) is 4.20. The SMILES string of the molecule is Cc1nccc2c1CSCC2. The monoisotopic (exact) mass is 165 g/mol. The summed E-state index contributed by atoms with van der Waals surface area (Å²) < 4.78 is 0. The van der Waals surface area contributed by atoms with Gasteiger partial charge in [0.15, 0.2) is 0 Å². The van der Waals surface area contributed by atoms with Crippen LogP contribution in [-0.4, -0.2) is 10.7 Å². The van der Waals surface area contributed by atoms with Gasteiger partial charge in [-0.05, 0) is 36.3 Å². The average Bonchev–Trinajstić information content (AvgIpc) is 2.06. The highest BCUT2D eigenvalue weighted by Crippen LogP contribution is 2.25. The molecule has 0 radical (unpaired) electrons. The van der Waals surface area contributed by atoms with E-state index < -0.39 is 0 Å². The van der Waals surface area contributed by atoms with E-state index in [0.717, 1.165) is 5.75 Å². The Balaban J connectivity index is 2.49. The van der Waals surface area contributed by atoms with Crippen LogP contribution in [-0.2, 0) is 12.2 Å². The van der Waals surface area contributed by atoms with Gasteiger partial charge in [0.25, 0.3) is 0 Å². The van der Waals surface area contributed by atoms with Crippen molar-refractivity contribution in [1.82, 2.24) is 4.98 Å². The number of nitrogens with zero attached hydrogens (tertiary/aromatic N) is 1. The topological polar surface area (TPSA) is 12.9 Å². The maximum absolute atomic E-state index is 4.28. The van der Waals surface area contributed by atoms with E-state index in [9.17, 15) is 0 Å². The molecule has 0 spiro atoms. The second-order valence-corrected chi connectivity index (χ2v) is 3.94. The predicted molar refractivity (Wildman–Crippen MR) is 48.8 cm³/mol. The molecule has 0 aliphatic carbocycles. The van der Waals surface area contributed by atoms with Gasteiger partial charge in [-0.1, -0.05) is 0 Å². The Morgan fingerprint density at radius 2 is 2.45 bits per heavy atom. The lowest BCUT2D eigenvalue weighted by atomic mass is 10.1. The molecule has 1 aromatic heterocycles. The van der Waals surface area contributed by atoms with Gasteiger partial charge in [-0.3, -0.25) is 4.98 Å². The molecule has 1 aromatic rings. The summed E-state index contributed by atoms with van der Waals surface area (Å²) in [4.78, 5) is 4.28. The fraction of sp³-hybridized carbons (Fsp3) is 0.444. The Morgan fingerprint density at radius 1 is 1.55 bits per heavy atom. The van der Waals surface area contributed by atoms with Crippen molar-refractivity contribution in [3.05, 3.63) is 29.1 Å². The summed E-state index contributed by atoms with van der Waals surface area (Å²) >= 11 is 2.01. The minimum atomic E-state index is 1.16. The van der Waals surface area contributed by atoms with Crippen LogP contribution in [0, 0.1) is 6.92 Å². The fourth-order valence-corrected chi connectivity index (χ4v) is 2.54. The molecule has 2 rings (SSSR count). The second-order valence-electron chi connectivity index (χ2n) is 2.84. The van der Waals surface area contributed by atoms with Crippen molar-refractivity contribution < 1.29 is 0 Å². The van der Waals surface area contributed by atoms with Crippen LogP contribution in [0.4, 0.5) is 0 Å². The van der Waals surface area contributed by atoms with Gasteiger partial charge in [-0.25, -0.2) is 0 Å². The standard InChI is InChI=1S/C9H11NS/c1-7-9-6-11-5-3-8(9)2-4-10-7/h2,4H,3,5-6H2,1H3. The summed E-state index contributed by atoms with van der Waals surface area (Å²) in [6, 6.07) is 2.15. The molecule has 58 valence electrons. The van der Waals surface area contributed by atoms with Crippen LogP contribution in [0.2, 0.25) is 0 Å². The van der Waals surface area contributed by atoms with E-state index in [4.69, 9.17) is 0 Å². The molecule has 0 saturated carbocycles. The van der Waals surface area contributed by atoms with Crippen molar-refractivity contribution in [3.63, 3.8) is 0 Å². The Kier molecular flexibility index (Phi) is 1.86. The number of pyridine rings is 1. The molecule has 0 bridgehead atoms. The van der Waals surface area contributed by atoms with Crippen LogP contribution in [0.3, 0.4) is 0 Å². The van der Waals surface area contributed by atoms with Crippen molar-refractivity contribution in [2.45, 2.75) is 19.1 Å². The zero-order chi connectivity index (χ0) is 7.68. The van der Waals surface area contributed by atoms with Gasteiger partial charge >= 0.3 is 0 Å². The molecule has 0 atom stereocenters. The first-order valence-electron chi connectivity index (χ1n) is 3.89. The molecule has 0 amide bonds. The number of aryl methyl sites for hydroxylation is 2. The molecule has 0 N–H and O–H groups in total. The second kappa shape index (κ2) is 2.86. The van der Waals surface area contributed by atoms with E-state index in [2.05, 4.69) is 18.0 Å². The minimum absolute atomic E-state index is 1.16. The van der Waals surface area contributed by atoms with E-state index in [1.165, 1.54) is 29.0 Å². The Bertz CT molecular complexity index is 270. The Labute approximate surface area is 71.2 Å². The van der Waals surface area contributed by atoms with Gasteiger partial charge in [0.2, 0.25) is 0 Å². The lowest BCUT2D eigenvalue weighted by Crippen LogP contribution is -2.05. The average molecular weight is 165 g/mol. The molecule has 0 unspecified atom stereocenters. The van der Waals surface area contributed by atoms with Crippen LogP contribution >= 0.6 is 11.8 Å². The fourth-order valence-electron chi connectivity index (χ4n) is 1.44. The molecular formula is C9H11NS.